The molecule has 0 radical (unpaired) electrons. The van der Waals surface area contributed by atoms with E-state index >= 15 is 0 Å². The lowest BCUT2D eigenvalue weighted by molar-refractivity contribution is 0.0979. The molecule has 0 aromatic heterocycles. The first-order valence-electron chi connectivity index (χ1n) is 7.57. The molecule has 2 aromatic rings. The third-order valence-corrected chi connectivity index (χ3v) is 4.03. The van der Waals surface area contributed by atoms with Crippen molar-refractivity contribution < 1.29 is 9.59 Å². The summed E-state index contributed by atoms with van der Waals surface area (Å²) in [6.45, 7) is 6.23. The van der Waals surface area contributed by atoms with Crippen LogP contribution in [-0.4, -0.2) is 17.6 Å². The number of ketones is 2. The Hall–Kier alpha value is -2.26. The van der Waals surface area contributed by atoms with Crippen molar-refractivity contribution in [3.05, 3.63) is 70.3 Å². The van der Waals surface area contributed by atoms with Gasteiger partial charge in [-0.2, -0.15) is 0 Å². The van der Waals surface area contributed by atoms with Crippen molar-refractivity contribution in [2.75, 3.05) is 0 Å². The number of nitrogens with one attached hydrogen (secondary N) is 1. The van der Waals surface area contributed by atoms with Crippen LogP contribution in [0, 0.1) is 0 Å². The van der Waals surface area contributed by atoms with Gasteiger partial charge in [0.25, 0.3) is 0 Å². The number of benzene rings is 2. The molecule has 0 amide bonds. The molecule has 0 aliphatic heterocycles. The number of carbonyl (C=O) groups is 2. The zero-order chi connectivity index (χ0) is 15.9. The third-order valence-electron chi connectivity index (χ3n) is 4.03. The van der Waals surface area contributed by atoms with Crippen LogP contribution >= 0.6 is 0 Å². The van der Waals surface area contributed by atoms with E-state index in [9.17, 15) is 9.59 Å². The molecule has 22 heavy (non-hydrogen) atoms. The van der Waals surface area contributed by atoms with Crippen LogP contribution < -0.4 is 5.32 Å². The van der Waals surface area contributed by atoms with Crippen LogP contribution in [0.3, 0.4) is 0 Å². The maximum atomic E-state index is 12.7. The first kappa shape index (κ1) is 14.7. The quantitative estimate of drug-likeness (QED) is 0.803. The van der Waals surface area contributed by atoms with Gasteiger partial charge in [0.2, 0.25) is 0 Å². The minimum atomic E-state index is -0.0683. The molecular weight excluding hydrogens is 274 g/mol. The van der Waals surface area contributed by atoms with Crippen LogP contribution in [0.2, 0.25) is 0 Å². The SMILES string of the molecule is CC(C)NC(C)c1ccc2c(c1)C(=O)c1ccccc1C2=O. The second-order valence-corrected chi connectivity index (χ2v) is 6.05. The van der Waals surface area contributed by atoms with Gasteiger partial charge in [0.05, 0.1) is 0 Å². The van der Waals surface area contributed by atoms with Crippen molar-refractivity contribution in [3.63, 3.8) is 0 Å². The maximum absolute atomic E-state index is 12.7. The molecule has 1 N–H and O–H groups in total. The minimum absolute atomic E-state index is 0.0659. The molecule has 0 heterocycles. The highest BCUT2D eigenvalue weighted by atomic mass is 16.1. The summed E-state index contributed by atoms with van der Waals surface area (Å²) in [5.74, 6) is -0.134. The van der Waals surface area contributed by atoms with E-state index in [2.05, 4.69) is 26.1 Å². The van der Waals surface area contributed by atoms with E-state index in [1.807, 2.05) is 12.1 Å². The first-order chi connectivity index (χ1) is 10.5. The number of carbonyl (C=O) groups excluding carboxylic acids is 2. The Kier molecular flexibility index (Phi) is 3.67. The molecule has 0 fully saturated rings. The zero-order valence-electron chi connectivity index (χ0n) is 13.0. The molecule has 1 aliphatic carbocycles. The Morgan fingerprint density at radius 1 is 0.773 bits per heavy atom. The summed E-state index contributed by atoms with van der Waals surface area (Å²) in [6, 6.07) is 13.1. The van der Waals surface area contributed by atoms with Gasteiger partial charge in [-0.15, -0.1) is 0 Å². The largest absolute Gasteiger partial charge is 0.308 e. The minimum Gasteiger partial charge on any atom is -0.308 e. The molecular formula is C19H19NO2. The van der Waals surface area contributed by atoms with Crippen LogP contribution in [0.25, 0.3) is 0 Å². The van der Waals surface area contributed by atoms with Gasteiger partial charge in [-0.1, -0.05) is 44.2 Å². The van der Waals surface area contributed by atoms with Gasteiger partial charge in [0, 0.05) is 34.3 Å². The van der Waals surface area contributed by atoms with E-state index in [0.29, 0.717) is 28.3 Å². The van der Waals surface area contributed by atoms with Crippen LogP contribution in [0.4, 0.5) is 0 Å². The highest BCUT2D eigenvalue weighted by Gasteiger charge is 2.29. The fraction of sp³-hybridized carbons (Fsp3) is 0.263. The molecule has 0 saturated carbocycles. The maximum Gasteiger partial charge on any atom is 0.194 e. The second kappa shape index (κ2) is 5.50. The van der Waals surface area contributed by atoms with Gasteiger partial charge in [-0.05, 0) is 24.6 Å². The van der Waals surface area contributed by atoms with Crippen molar-refractivity contribution >= 4 is 11.6 Å². The normalized spacial score (nSPS) is 14.7. The Labute approximate surface area is 130 Å². The zero-order valence-corrected chi connectivity index (χ0v) is 13.0. The summed E-state index contributed by atoms with van der Waals surface area (Å²) in [5, 5.41) is 3.41. The molecule has 2 aromatic carbocycles. The summed E-state index contributed by atoms with van der Waals surface area (Å²) in [4.78, 5) is 25.2. The summed E-state index contributed by atoms with van der Waals surface area (Å²) < 4.78 is 0. The Morgan fingerprint density at radius 2 is 1.32 bits per heavy atom. The van der Waals surface area contributed by atoms with Gasteiger partial charge >= 0.3 is 0 Å². The van der Waals surface area contributed by atoms with E-state index in [4.69, 9.17) is 0 Å². The number of hydrogen-bond acceptors (Lipinski definition) is 3. The first-order valence-corrected chi connectivity index (χ1v) is 7.57. The fourth-order valence-electron chi connectivity index (χ4n) is 2.98. The number of fused-ring (bicyclic) bond motifs is 2. The van der Waals surface area contributed by atoms with Gasteiger partial charge < -0.3 is 5.32 Å². The Balaban J connectivity index is 2.06. The van der Waals surface area contributed by atoms with E-state index in [0.717, 1.165) is 5.56 Å². The standard InChI is InChI=1S/C19H19NO2/c1-11(2)20-12(3)13-8-9-16-17(10-13)19(22)15-7-5-4-6-14(15)18(16)21/h4-12,20H,1-3H3. The second-order valence-electron chi connectivity index (χ2n) is 6.05. The number of rotatable bonds is 3. The third kappa shape index (κ3) is 2.38. The molecule has 3 rings (SSSR count). The van der Waals surface area contributed by atoms with Crippen LogP contribution in [0.15, 0.2) is 42.5 Å². The molecule has 1 atom stereocenters. The van der Waals surface area contributed by atoms with E-state index in [-0.39, 0.29) is 17.6 Å². The lowest BCUT2D eigenvalue weighted by Gasteiger charge is -2.21. The summed E-state index contributed by atoms with van der Waals surface area (Å²) >= 11 is 0. The van der Waals surface area contributed by atoms with E-state index < -0.39 is 0 Å². The van der Waals surface area contributed by atoms with Crippen molar-refractivity contribution in [2.24, 2.45) is 0 Å². The molecule has 0 spiro atoms. The Bertz CT molecular complexity index is 762. The fourth-order valence-corrected chi connectivity index (χ4v) is 2.98. The lowest BCUT2D eigenvalue weighted by Crippen LogP contribution is -2.27. The molecule has 112 valence electrons. The van der Waals surface area contributed by atoms with Crippen molar-refractivity contribution in [2.45, 2.75) is 32.9 Å². The van der Waals surface area contributed by atoms with Gasteiger partial charge in [0.1, 0.15) is 0 Å². The molecule has 1 unspecified atom stereocenters. The number of hydrogen-bond donors (Lipinski definition) is 1. The van der Waals surface area contributed by atoms with Gasteiger partial charge in [-0.3, -0.25) is 9.59 Å². The predicted octanol–water partition coefficient (Wildman–Crippen LogP) is 3.52. The van der Waals surface area contributed by atoms with Gasteiger partial charge in [-0.25, -0.2) is 0 Å². The highest BCUT2D eigenvalue weighted by Crippen LogP contribution is 2.29. The highest BCUT2D eigenvalue weighted by molar-refractivity contribution is 6.28. The van der Waals surface area contributed by atoms with Crippen molar-refractivity contribution in [1.29, 1.82) is 0 Å². The molecule has 1 aliphatic rings. The molecule has 0 bridgehead atoms. The smallest absolute Gasteiger partial charge is 0.194 e. The van der Waals surface area contributed by atoms with Crippen LogP contribution in [-0.2, 0) is 0 Å². The van der Waals surface area contributed by atoms with E-state index in [1.54, 1.807) is 30.3 Å². The molecule has 0 saturated heterocycles. The summed E-state index contributed by atoms with van der Waals surface area (Å²) in [5.41, 5.74) is 3.04. The average Bonchev–Trinajstić information content (AvgIpc) is 2.51. The summed E-state index contributed by atoms with van der Waals surface area (Å²) in [6.07, 6.45) is 0. The molecule has 3 nitrogen and oxygen atoms in total. The van der Waals surface area contributed by atoms with Crippen LogP contribution in [0.5, 0.6) is 0 Å². The van der Waals surface area contributed by atoms with Crippen molar-refractivity contribution in [3.8, 4) is 0 Å². The molecule has 3 heteroatoms. The van der Waals surface area contributed by atoms with Gasteiger partial charge in [0.15, 0.2) is 11.6 Å². The average molecular weight is 293 g/mol. The Morgan fingerprint density at radius 3 is 1.91 bits per heavy atom. The predicted molar refractivity (Wildman–Crippen MR) is 86.4 cm³/mol. The lowest BCUT2D eigenvalue weighted by atomic mass is 9.83. The summed E-state index contributed by atoms with van der Waals surface area (Å²) in [7, 11) is 0. The van der Waals surface area contributed by atoms with Crippen LogP contribution in [0.1, 0.15) is 64.2 Å². The van der Waals surface area contributed by atoms with E-state index in [1.165, 1.54) is 0 Å². The van der Waals surface area contributed by atoms with Crippen molar-refractivity contribution in [1.82, 2.24) is 5.32 Å². The topological polar surface area (TPSA) is 46.2 Å². The monoisotopic (exact) mass is 293 g/mol.